The molecule has 0 aliphatic carbocycles. The number of likely N-dealkylation sites (tertiary alicyclic amines) is 1. The van der Waals surface area contributed by atoms with Crippen LogP contribution in [0.15, 0.2) is 45.9 Å². The van der Waals surface area contributed by atoms with Gasteiger partial charge in [-0.15, -0.1) is 0 Å². The normalized spacial score (nSPS) is 17.1. The summed E-state index contributed by atoms with van der Waals surface area (Å²) in [6.07, 6.45) is 2.29. The second-order valence-corrected chi connectivity index (χ2v) is 7.12. The molecule has 0 spiro atoms. The van der Waals surface area contributed by atoms with Crippen LogP contribution in [0.1, 0.15) is 25.3 Å². The van der Waals surface area contributed by atoms with Crippen LogP contribution in [0.2, 0.25) is 0 Å². The zero-order valence-electron chi connectivity index (χ0n) is 14.1. The number of nitrogens with one attached hydrogen (secondary N) is 2. The smallest absolute Gasteiger partial charge is 0.191 e. The van der Waals surface area contributed by atoms with Crippen molar-refractivity contribution >= 4 is 21.9 Å². The molecule has 1 heterocycles. The summed E-state index contributed by atoms with van der Waals surface area (Å²) in [6, 6.07) is 8.84. The highest BCUT2D eigenvalue weighted by atomic mass is 79.9. The summed E-state index contributed by atoms with van der Waals surface area (Å²) in [5, 5.41) is 6.93. The second-order valence-electron chi connectivity index (χ2n) is 6.20. The van der Waals surface area contributed by atoms with Crippen LogP contribution in [0.25, 0.3) is 0 Å². The number of halogens is 1. The van der Waals surface area contributed by atoms with Gasteiger partial charge in [0, 0.05) is 43.7 Å². The number of nitrogens with zero attached hydrogens (tertiary/aromatic N) is 2. The quantitative estimate of drug-likeness (QED) is 0.469. The van der Waals surface area contributed by atoms with E-state index >= 15 is 0 Å². The Hall–Kier alpha value is -1.33. The molecule has 0 saturated carbocycles. The molecule has 1 fully saturated rings. The van der Waals surface area contributed by atoms with Gasteiger partial charge in [0.2, 0.25) is 0 Å². The van der Waals surface area contributed by atoms with Crippen LogP contribution in [-0.2, 0) is 6.54 Å². The number of aliphatic imine (C=N–C) groups is 1. The van der Waals surface area contributed by atoms with Gasteiger partial charge in [0.15, 0.2) is 5.96 Å². The topological polar surface area (TPSA) is 39.7 Å². The molecule has 4 nitrogen and oxygen atoms in total. The fourth-order valence-corrected chi connectivity index (χ4v) is 3.06. The molecule has 0 unspecified atom stereocenters. The Labute approximate surface area is 148 Å². The first kappa shape index (κ1) is 18.0. The molecule has 5 heteroatoms. The molecule has 2 rings (SSSR count). The monoisotopic (exact) mass is 378 g/mol. The van der Waals surface area contributed by atoms with E-state index in [1.807, 2.05) is 7.05 Å². The van der Waals surface area contributed by atoms with Gasteiger partial charge in [0.1, 0.15) is 0 Å². The summed E-state index contributed by atoms with van der Waals surface area (Å²) in [5.74, 6) is 0.881. The van der Waals surface area contributed by atoms with Crippen molar-refractivity contribution in [3.8, 4) is 0 Å². The third kappa shape index (κ3) is 6.36. The van der Waals surface area contributed by atoms with Crippen LogP contribution in [0, 0.1) is 0 Å². The summed E-state index contributed by atoms with van der Waals surface area (Å²) in [4.78, 5) is 6.81. The predicted molar refractivity (Wildman–Crippen MR) is 102 cm³/mol. The summed E-state index contributed by atoms with van der Waals surface area (Å²) in [7, 11) is 1.83. The van der Waals surface area contributed by atoms with Crippen molar-refractivity contribution < 1.29 is 0 Å². The molecule has 0 radical (unpaired) electrons. The maximum atomic E-state index is 4.34. The molecule has 1 aliphatic rings. The minimum Gasteiger partial charge on any atom is -0.354 e. The maximum Gasteiger partial charge on any atom is 0.191 e. The van der Waals surface area contributed by atoms with Gasteiger partial charge >= 0.3 is 0 Å². The molecule has 0 atom stereocenters. The molecular formula is C18H27BrN4. The van der Waals surface area contributed by atoms with Crippen LogP contribution in [0.4, 0.5) is 0 Å². The summed E-state index contributed by atoms with van der Waals surface area (Å²) >= 11 is 3.46. The zero-order chi connectivity index (χ0) is 16.7. The highest BCUT2D eigenvalue weighted by Gasteiger charge is 2.19. The SMILES string of the molecule is C=C(C)CN1CCC(NC(=NC)NCc2ccc(Br)cc2)CC1. The van der Waals surface area contributed by atoms with E-state index in [-0.39, 0.29) is 0 Å². The molecule has 1 aliphatic heterocycles. The fraction of sp³-hybridized carbons (Fsp3) is 0.500. The van der Waals surface area contributed by atoms with Crippen LogP contribution in [0.3, 0.4) is 0 Å². The van der Waals surface area contributed by atoms with Crippen LogP contribution in [-0.4, -0.2) is 43.6 Å². The second kappa shape index (κ2) is 9.08. The average molecular weight is 379 g/mol. The standard InChI is InChI=1S/C18H27BrN4/c1-14(2)13-23-10-8-17(9-11-23)22-18(20-3)21-12-15-4-6-16(19)7-5-15/h4-7,17H,1,8-13H2,2-3H3,(H2,20,21,22). The van der Waals surface area contributed by atoms with Crippen molar-refractivity contribution in [1.82, 2.24) is 15.5 Å². The number of piperidine rings is 1. The maximum absolute atomic E-state index is 4.34. The Morgan fingerprint density at radius 3 is 2.52 bits per heavy atom. The van der Waals surface area contributed by atoms with E-state index < -0.39 is 0 Å². The first-order chi connectivity index (χ1) is 11.1. The zero-order valence-corrected chi connectivity index (χ0v) is 15.7. The average Bonchev–Trinajstić information content (AvgIpc) is 2.54. The van der Waals surface area contributed by atoms with Crippen molar-refractivity contribution in [2.45, 2.75) is 32.4 Å². The molecule has 1 aromatic rings. The van der Waals surface area contributed by atoms with Gasteiger partial charge in [0.05, 0.1) is 0 Å². The third-order valence-corrected chi connectivity index (χ3v) is 4.55. The number of hydrogen-bond donors (Lipinski definition) is 2. The first-order valence-electron chi connectivity index (χ1n) is 8.15. The highest BCUT2D eigenvalue weighted by molar-refractivity contribution is 9.10. The van der Waals surface area contributed by atoms with Crippen molar-refractivity contribution in [3.05, 3.63) is 46.5 Å². The van der Waals surface area contributed by atoms with Crippen LogP contribution in [0.5, 0.6) is 0 Å². The molecule has 0 amide bonds. The lowest BCUT2D eigenvalue weighted by Crippen LogP contribution is -2.48. The van der Waals surface area contributed by atoms with Crippen molar-refractivity contribution in [3.63, 3.8) is 0 Å². The van der Waals surface area contributed by atoms with Crippen molar-refractivity contribution in [2.24, 2.45) is 4.99 Å². The summed E-state index contributed by atoms with van der Waals surface area (Å²) < 4.78 is 1.10. The van der Waals surface area contributed by atoms with Gasteiger partial charge in [-0.2, -0.15) is 0 Å². The molecule has 1 aromatic carbocycles. The number of hydrogen-bond acceptors (Lipinski definition) is 2. The Bertz CT molecular complexity index is 530. The van der Waals surface area contributed by atoms with E-state index in [4.69, 9.17) is 0 Å². The van der Waals surface area contributed by atoms with Crippen molar-refractivity contribution in [2.75, 3.05) is 26.7 Å². The van der Waals surface area contributed by atoms with Crippen LogP contribution < -0.4 is 10.6 Å². The van der Waals surface area contributed by atoms with E-state index in [1.54, 1.807) is 0 Å². The fourth-order valence-electron chi connectivity index (χ4n) is 2.79. The molecular weight excluding hydrogens is 352 g/mol. The number of guanidine groups is 1. The lowest BCUT2D eigenvalue weighted by Gasteiger charge is -2.33. The lowest BCUT2D eigenvalue weighted by atomic mass is 10.0. The van der Waals surface area contributed by atoms with E-state index in [0.29, 0.717) is 6.04 Å². The minimum absolute atomic E-state index is 0.493. The minimum atomic E-state index is 0.493. The van der Waals surface area contributed by atoms with Gasteiger partial charge in [-0.05, 0) is 37.5 Å². The van der Waals surface area contributed by atoms with Gasteiger partial charge in [-0.3, -0.25) is 9.89 Å². The van der Waals surface area contributed by atoms with E-state index in [0.717, 1.165) is 49.5 Å². The van der Waals surface area contributed by atoms with Gasteiger partial charge in [-0.25, -0.2) is 0 Å². The Morgan fingerprint density at radius 1 is 1.30 bits per heavy atom. The molecule has 0 aromatic heterocycles. The molecule has 23 heavy (non-hydrogen) atoms. The van der Waals surface area contributed by atoms with Gasteiger partial charge < -0.3 is 10.6 Å². The third-order valence-electron chi connectivity index (χ3n) is 4.02. The van der Waals surface area contributed by atoms with Crippen molar-refractivity contribution in [1.29, 1.82) is 0 Å². The van der Waals surface area contributed by atoms with E-state index in [1.165, 1.54) is 11.1 Å². The Kier molecular flexibility index (Phi) is 7.12. The molecule has 0 bridgehead atoms. The highest BCUT2D eigenvalue weighted by Crippen LogP contribution is 2.12. The van der Waals surface area contributed by atoms with E-state index in [9.17, 15) is 0 Å². The summed E-state index contributed by atoms with van der Waals surface area (Å²) in [6.45, 7) is 10.1. The van der Waals surface area contributed by atoms with Gasteiger partial charge in [-0.1, -0.05) is 40.2 Å². The van der Waals surface area contributed by atoms with Gasteiger partial charge in [0.25, 0.3) is 0 Å². The predicted octanol–water partition coefficient (Wildman–Crippen LogP) is 3.15. The van der Waals surface area contributed by atoms with E-state index in [2.05, 4.69) is 74.2 Å². The molecule has 126 valence electrons. The summed E-state index contributed by atoms with van der Waals surface area (Å²) in [5.41, 5.74) is 2.48. The lowest BCUT2D eigenvalue weighted by molar-refractivity contribution is 0.221. The van der Waals surface area contributed by atoms with Crippen LogP contribution >= 0.6 is 15.9 Å². The first-order valence-corrected chi connectivity index (χ1v) is 8.94. The molecule has 1 saturated heterocycles. The Balaban J connectivity index is 1.75. The number of benzene rings is 1. The largest absolute Gasteiger partial charge is 0.354 e. The molecule has 2 N–H and O–H groups in total. The number of rotatable bonds is 5. The Morgan fingerprint density at radius 2 is 1.96 bits per heavy atom.